The summed E-state index contributed by atoms with van der Waals surface area (Å²) in [5, 5.41) is 11.3. The zero-order chi connectivity index (χ0) is 31.3. The van der Waals surface area contributed by atoms with Crippen LogP contribution in [-0.4, -0.2) is 88.7 Å². The summed E-state index contributed by atoms with van der Waals surface area (Å²) in [5.41, 5.74) is -0.584. The molecular formula is C35H64O7Si. The van der Waals surface area contributed by atoms with Crippen LogP contribution in [0.15, 0.2) is 0 Å². The first kappa shape index (κ1) is 34.3. The fourth-order valence-corrected chi connectivity index (χ4v) is 10.2. The lowest BCUT2D eigenvalue weighted by molar-refractivity contribution is -0.261. The molecule has 2 aliphatic carbocycles. The number of hydrogen-bond acceptors (Lipinski definition) is 7. The first-order valence-electron chi connectivity index (χ1n) is 17.6. The molecule has 8 heteroatoms. The molecule has 3 heterocycles. The Kier molecular flexibility index (Phi) is 10.2. The maximum Gasteiger partial charge on any atom is 0.192 e. The molecule has 0 amide bonds. The molecular weight excluding hydrogens is 560 g/mol. The van der Waals surface area contributed by atoms with Gasteiger partial charge in [0, 0.05) is 30.5 Å². The van der Waals surface area contributed by atoms with Crippen LogP contribution in [0.3, 0.4) is 0 Å². The number of rotatable bonds is 3. The molecule has 3 saturated heterocycles. The molecule has 1 N–H and O–H groups in total. The first-order chi connectivity index (χ1) is 20.2. The topological polar surface area (TPSA) is 78.9 Å². The minimum atomic E-state index is -1.91. The quantitative estimate of drug-likeness (QED) is 0.270. The minimum Gasteiger partial charge on any atom is -0.412 e. The van der Waals surface area contributed by atoms with E-state index in [0.717, 1.165) is 64.6 Å². The fourth-order valence-electron chi connectivity index (χ4n) is 8.74. The number of aliphatic hydroxyl groups excluding tert-OH is 1. The normalized spacial score (nSPS) is 46.0. The maximum atomic E-state index is 11.2. The third-order valence-corrected chi connectivity index (χ3v) is 17.7. The van der Waals surface area contributed by atoms with Crippen LogP contribution < -0.4 is 0 Å². The van der Waals surface area contributed by atoms with Gasteiger partial charge in [-0.2, -0.15) is 0 Å². The van der Waals surface area contributed by atoms with E-state index < -0.39 is 14.4 Å². The van der Waals surface area contributed by atoms with Crippen molar-refractivity contribution < 1.29 is 33.2 Å². The van der Waals surface area contributed by atoms with E-state index in [1.54, 1.807) is 0 Å². The largest absolute Gasteiger partial charge is 0.412 e. The lowest BCUT2D eigenvalue weighted by atomic mass is 9.50. The summed E-state index contributed by atoms with van der Waals surface area (Å²) in [4.78, 5) is 0. The molecule has 0 aromatic rings. The minimum absolute atomic E-state index is 0.0427. The van der Waals surface area contributed by atoms with Crippen molar-refractivity contribution in [1.82, 2.24) is 0 Å². The highest BCUT2D eigenvalue weighted by atomic mass is 28.4. The van der Waals surface area contributed by atoms with Crippen molar-refractivity contribution in [2.45, 2.75) is 167 Å². The zero-order valence-electron chi connectivity index (χ0n) is 28.9. The molecule has 2 spiro atoms. The molecule has 1 unspecified atom stereocenters. The van der Waals surface area contributed by atoms with Gasteiger partial charge in [0.1, 0.15) is 5.60 Å². The van der Waals surface area contributed by atoms with Crippen LogP contribution >= 0.6 is 0 Å². The highest BCUT2D eigenvalue weighted by molar-refractivity contribution is 6.74. The predicted octanol–water partition coefficient (Wildman–Crippen LogP) is 6.90. The predicted molar refractivity (Wildman–Crippen MR) is 172 cm³/mol. The monoisotopic (exact) mass is 624 g/mol. The lowest BCUT2D eigenvalue weighted by Gasteiger charge is -2.60. The molecule has 3 aliphatic heterocycles. The molecule has 250 valence electrons. The van der Waals surface area contributed by atoms with E-state index in [4.69, 9.17) is 28.1 Å². The number of ether oxygens (including phenoxy) is 5. The van der Waals surface area contributed by atoms with Crippen molar-refractivity contribution in [3.05, 3.63) is 0 Å². The van der Waals surface area contributed by atoms with Gasteiger partial charge in [0.2, 0.25) is 0 Å². The Labute approximate surface area is 263 Å². The summed E-state index contributed by atoms with van der Waals surface area (Å²) in [6, 6.07) is 0. The van der Waals surface area contributed by atoms with Gasteiger partial charge in [0.15, 0.2) is 8.32 Å². The average molecular weight is 625 g/mol. The zero-order valence-corrected chi connectivity index (χ0v) is 29.9. The Hall–Kier alpha value is -0.0631. The molecule has 7 nitrogen and oxygen atoms in total. The van der Waals surface area contributed by atoms with Gasteiger partial charge in [-0.05, 0) is 75.4 Å². The van der Waals surface area contributed by atoms with Crippen molar-refractivity contribution >= 4 is 8.32 Å². The van der Waals surface area contributed by atoms with E-state index >= 15 is 0 Å². The summed E-state index contributed by atoms with van der Waals surface area (Å²) >= 11 is 0. The first-order valence-corrected chi connectivity index (χ1v) is 20.5. The highest BCUT2D eigenvalue weighted by Crippen LogP contribution is 2.72. The van der Waals surface area contributed by atoms with Crippen molar-refractivity contribution in [2.24, 2.45) is 22.7 Å². The third kappa shape index (κ3) is 6.31. The standard InChI is InChI=1S/C35H64O7Si/c1-24-14-16-34-22-37-21-27(36)25(2)15-18-38-28(26(3)42-43(8,9)32(4,5)6)13-11-10-12-17-39-29-20-31(41-30(34)19-24)35(23-40-35)33(29,34)7/h24-31,36H,10-23H2,1-9H3/t24?,25-,26-,27-,28-,29-,30-,31-,33-,34-,35+/m1/s1. The van der Waals surface area contributed by atoms with Gasteiger partial charge in [0.05, 0.1) is 56.4 Å². The average Bonchev–Trinajstić information content (AvgIpc) is 3.70. The SMILES string of the molecule is CC1CC[C@@]23COC[C@@H](O)[C@H](C)CCO[C@@H]([C@@H](C)O[Si](C)(C)C(C)(C)C)CCCCCO[C@@H]4C[C@@H](O[C@@H]2C1)[C@@]1(CO1)[C@]43C. The second-order valence-electron chi connectivity index (χ2n) is 16.8. The van der Waals surface area contributed by atoms with Gasteiger partial charge in [-0.25, -0.2) is 0 Å². The molecule has 43 heavy (non-hydrogen) atoms. The van der Waals surface area contributed by atoms with Gasteiger partial charge in [-0.3, -0.25) is 0 Å². The molecule has 5 rings (SSSR count). The molecule has 0 aromatic heterocycles. The van der Waals surface area contributed by atoms with E-state index in [-0.39, 0.29) is 57.9 Å². The molecule has 0 aromatic carbocycles. The second kappa shape index (κ2) is 12.9. The fraction of sp³-hybridized carbons (Fsp3) is 1.00. The second-order valence-corrected chi connectivity index (χ2v) is 21.6. The van der Waals surface area contributed by atoms with Crippen LogP contribution in [0, 0.1) is 22.7 Å². The molecule has 0 radical (unpaired) electrons. The molecule has 5 fully saturated rings. The molecule has 2 saturated carbocycles. The Bertz CT molecular complexity index is 934. The van der Waals surface area contributed by atoms with Gasteiger partial charge < -0.3 is 33.2 Å². The van der Waals surface area contributed by atoms with Gasteiger partial charge in [0.25, 0.3) is 0 Å². The van der Waals surface area contributed by atoms with Crippen LogP contribution in [0.25, 0.3) is 0 Å². The summed E-state index contributed by atoms with van der Waals surface area (Å²) in [6.45, 7) is 23.7. The Morgan fingerprint density at radius 2 is 1.65 bits per heavy atom. The summed E-state index contributed by atoms with van der Waals surface area (Å²) in [6.07, 6.45) is 9.13. The van der Waals surface area contributed by atoms with E-state index in [2.05, 4.69) is 61.6 Å². The van der Waals surface area contributed by atoms with Gasteiger partial charge in [-0.1, -0.05) is 54.4 Å². The van der Waals surface area contributed by atoms with Crippen LogP contribution in [-0.2, 0) is 28.1 Å². The Balaban J connectivity index is 1.31. The van der Waals surface area contributed by atoms with E-state index in [0.29, 0.717) is 25.7 Å². The van der Waals surface area contributed by atoms with Crippen LogP contribution in [0.5, 0.6) is 0 Å². The summed E-state index contributed by atoms with van der Waals surface area (Å²) in [5.74, 6) is 0.726. The number of epoxide rings is 1. The third-order valence-electron chi connectivity index (χ3n) is 13.1. The Morgan fingerprint density at radius 3 is 2.35 bits per heavy atom. The van der Waals surface area contributed by atoms with Crippen molar-refractivity contribution in [3.8, 4) is 0 Å². The van der Waals surface area contributed by atoms with Gasteiger partial charge >= 0.3 is 0 Å². The van der Waals surface area contributed by atoms with Crippen LogP contribution in [0.2, 0.25) is 18.1 Å². The molecule has 11 atom stereocenters. The summed E-state index contributed by atoms with van der Waals surface area (Å²) < 4.78 is 40.0. The van der Waals surface area contributed by atoms with E-state index in [9.17, 15) is 5.11 Å². The van der Waals surface area contributed by atoms with Crippen molar-refractivity contribution in [3.63, 3.8) is 0 Å². The van der Waals surface area contributed by atoms with Crippen LogP contribution in [0.1, 0.15) is 106 Å². The van der Waals surface area contributed by atoms with Crippen molar-refractivity contribution in [2.75, 3.05) is 33.0 Å². The Morgan fingerprint density at radius 1 is 0.907 bits per heavy atom. The van der Waals surface area contributed by atoms with E-state index in [1.165, 1.54) is 6.42 Å². The molecule has 5 aliphatic rings. The van der Waals surface area contributed by atoms with Crippen LogP contribution in [0.4, 0.5) is 0 Å². The number of hydrogen-bond donors (Lipinski definition) is 1. The van der Waals surface area contributed by atoms with Crippen molar-refractivity contribution in [1.29, 1.82) is 0 Å². The summed E-state index contributed by atoms with van der Waals surface area (Å²) in [7, 11) is -1.91. The highest BCUT2D eigenvalue weighted by Gasteiger charge is 2.82. The maximum absolute atomic E-state index is 11.2. The smallest absolute Gasteiger partial charge is 0.192 e. The van der Waals surface area contributed by atoms with Gasteiger partial charge in [-0.15, -0.1) is 0 Å². The molecule has 2 bridgehead atoms. The lowest BCUT2D eigenvalue weighted by Crippen LogP contribution is -2.67. The number of aliphatic hydroxyl groups is 1. The van der Waals surface area contributed by atoms with E-state index in [1.807, 2.05) is 0 Å².